The number of hydrogen-bond acceptors (Lipinski definition) is 4. The van der Waals surface area contributed by atoms with Gasteiger partial charge in [-0.15, -0.1) is 0 Å². The minimum atomic E-state index is -0.517. The predicted octanol–water partition coefficient (Wildman–Crippen LogP) is 3.78. The Kier molecular flexibility index (Phi) is 6.67. The van der Waals surface area contributed by atoms with Gasteiger partial charge in [-0.2, -0.15) is 0 Å². The summed E-state index contributed by atoms with van der Waals surface area (Å²) in [4.78, 5) is 25.6. The zero-order valence-corrected chi connectivity index (χ0v) is 15.4. The van der Waals surface area contributed by atoms with Gasteiger partial charge in [-0.3, -0.25) is 9.59 Å². The van der Waals surface area contributed by atoms with Crippen LogP contribution in [0.2, 0.25) is 10.0 Å². The van der Waals surface area contributed by atoms with Crippen LogP contribution in [0.1, 0.15) is 5.56 Å². The number of amides is 1. The van der Waals surface area contributed by atoms with Crippen molar-refractivity contribution >= 4 is 46.5 Å². The quantitative estimate of drug-likeness (QED) is 0.774. The van der Waals surface area contributed by atoms with E-state index < -0.39 is 11.9 Å². The Morgan fingerprint density at radius 2 is 1.72 bits per heavy atom. The van der Waals surface area contributed by atoms with E-state index in [0.717, 1.165) is 5.69 Å². The van der Waals surface area contributed by atoms with Crippen LogP contribution >= 0.6 is 23.2 Å². The Bertz CT molecular complexity index is 761. The maximum Gasteiger partial charge on any atom is 0.310 e. The van der Waals surface area contributed by atoms with E-state index in [1.54, 1.807) is 30.3 Å². The smallest absolute Gasteiger partial charge is 0.310 e. The van der Waals surface area contributed by atoms with Crippen molar-refractivity contribution < 1.29 is 14.3 Å². The summed E-state index contributed by atoms with van der Waals surface area (Å²) in [7, 11) is 3.86. The molecule has 1 amide bonds. The number of nitrogens with zero attached hydrogens (tertiary/aromatic N) is 1. The number of ether oxygens (including phenoxy) is 1. The van der Waals surface area contributed by atoms with Crippen molar-refractivity contribution in [2.75, 3.05) is 30.9 Å². The molecule has 0 heterocycles. The van der Waals surface area contributed by atoms with Gasteiger partial charge in [-0.25, -0.2) is 0 Å². The number of nitrogens with one attached hydrogen (secondary N) is 1. The average molecular weight is 381 g/mol. The van der Waals surface area contributed by atoms with Crippen molar-refractivity contribution in [3.8, 4) is 0 Å². The van der Waals surface area contributed by atoms with Gasteiger partial charge in [0.25, 0.3) is 5.91 Å². The van der Waals surface area contributed by atoms with Crippen molar-refractivity contribution in [1.29, 1.82) is 0 Å². The van der Waals surface area contributed by atoms with Crippen LogP contribution in [0.5, 0.6) is 0 Å². The van der Waals surface area contributed by atoms with Crippen molar-refractivity contribution in [3.05, 3.63) is 58.1 Å². The number of carbonyl (C=O) groups is 2. The Hall–Kier alpha value is -2.24. The molecular weight excluding hydrogens is 363 g/mol. The first-order valence-corrected chi connectivity index (χ1v) is 8.27. The first-order chi connectivity index (χ1) is 11.8. The molecule has 25 heavy (non-hydrogen) atoms. The summed E-state index contributed by atoms with van der Waals surface area (Å²) in [6, 6.07) is 12.2. The van der Waals surface area contributed by atoms with E-state index in [-0.39, 0.29) is 13.0 Å². The summed E-state index contributed by atoms with van der Waals surface area (Å²) < 4.78 is 4.98. The van der Waals surface area contributed by atoms with Gasteiger partial charge in [-0.05, 0) is 42.0 Å². The van der Waals surface area contributed by atoms with Crippen LogP contribution in [-0.4, -0.2) is 32.6 Å². The monoisotopic (exact) mass is 380 g/mol. The molecule has 0 bridgehead atoms. The highest BCUT2D eigenvalue weighted by molar-refractivity contribution is 6.42. The fraction of sp³-hybridized carbons (Fsp3) is 0.222. The lowest BCUT2D eigenvalue weighted by Crippen LogP contribution is -2.21. The number of rotatable bonds is 6. The molecule has 0 unspecified atom stereocenters. The molecule has 0 atom stereocenters. The van der Waals surface area contributed by atoms with E-state index in [1.165, 1.54) is 0 Å². The molecule has 2 aromatic carbocycles. The van der Waals surface area contributed by atoms with Crippen LogP contribution in [0.3, 0.4) is 0 Å². The van der Waals surface area contributed by atoms with Gasteiger partial charge in [0.15, 0.2) is 6.61 Å². The topological polar surface area (TPSA) is 58.6 Å². The maximum atomic E-state index is 11.8. The number of carbonyl (C=O) groups excluding carboxylic acids is 2. The van der Waals surface area contributed by atoms with E-state index in [1.807, 2.05) is 31.1 Å². The van der Waals surface area contributed by atoms with E-state index >= 15 is 0 Å². The van der Waals surface area contributed by atoms with Gasteiger partial charge in [0.2, 0.25) is 0 Å². The number of halogens is 2. The van der Waals surface area contributed by atoms with Crippen LogP contribution in [0, 0.1) is 0 Å². The third-order valence-electron chi connectivity index (χ3n) is 3.36. The maximum absolute atomic E-state index is 11.8. The predicted molar refractivity (Wildman–Crippen MR) is 101 cm³/mol. The molecule has 5 nitrogen and oxygen atoms in total. The molecule has 0 radical (unpaired) electrons. The molecule has 132 valence electrons. The summed E-state index contributed by atoms with van der Waals surface area (Å²) in [6.07, 6.45) is 0.0156. The number of benzene rings is 2. The molecule has 0 aliphatic heterocycles. The second-order valence-electron chi connectivity index (χ2n) is 5.58. The van der Waals surface area contributed by atoms with Gasteiger partial charge in [0.05, 0.1) is 16.5 Å². The SMILES string of the molecule is CN(C)c1ccc(NC(=O)COC(=O)Cc2ccc(Cl)c(Cl)c2)cc1. The number of esters is 1. The van der Waals surface area contributed by atoms with Crippen molar-refractivity contribution in [1.82, 2.24) is 0 Å². The Balaban J connectivity index is 1.80. The summed E-state index contributed by atoms with van der Waals surface area (Å²) >= 11 is 11.7. The first-order valence-electron chi connectivity index (χ1n) is 7.52. The zero-order valence-electron chi connectivity index (χ0n) is 13.9. The lowest BCUT2D eigenvalue weighted by molar-refractivity contribution is -0.146. The zero-order chi connectivity index (χ0) is 18.4. The van der Waals surface area contributed by atoms with E-state index in [2.05, 4.69) is 5.32 Å². The summed E-state index contributed by atoms with van der Waals surface area (Å²) in [5.74, 6) is -0.920. The van der Waals surface area contributed by atoms with Gasteiger partial charge in [0.1, 0.15) is 0 Å². The highest BCUT2D eigenvalue weighted by atomic mass is 35.5. The molecule has 0 aliphatic carbocycles. The second-order valence-corrected chi connectivity index (χ2v) is 6.39. The molecule has 0 aromatic heterocycles. The van der Waals surface area contributed by atoms with Crippen molar-refractivity contribution in [3.63, 3.8) is 0 Å². The molecule has 2 aromatic rings. The Morgan fingerprint density at radius 1 is 1.04 bits per heavy atom. The summed E-state index contributed by atoms with van der Waals surface area (Å²) in [5.41, 5.74) is 2.32. The third-order valence-corrected chi connectivity index (χ3v) is 4.10. The molecule has 0 saturated carbocycles. The Morgan fingerprint density at radius 3 is 2.32 bits per heavy atom. The van der Waals surface area contributed by atoms with Gasteiger partial charge in [-0.1, -0.05) is 29.3 Å². The van der Waals surface area contributed by atoms with E-state index in [0.29, 0.717) is 21.3 Å². The number of anilines is 2. The molecule has 0 saturated heterocycles. The molecule has 0 aliphatic rings. The Labute approximate surface area is 156 Å². The molecule has 2 rings (SSSR count). The minimum absolute atomic E-state index is 0.0156. The van der Waals surface area contributed by atoms with E-state index in [9.17, 15) is 9.59 Å². The largest absolute Gasteiger partial charge is 0.455 e. The van der Waals surface area contributed by atoms with Crippen LogP contribution < -0.4 is 10.2 Å². The molecule has 0 fully saturated rings. The van der Waals surface area contributed by atoms with Crippen molar-refractivity contribution in [2.45, 2.75) is 6.42 Å². The van der Waals surface area contributed by atoms with Crippen molar-refractivity contribution in [2.24, 2.45) is 0 Å². The number of hydrogen-bond donors (Lipinski definition) is 1. The summed E-state index contributed by atoms with van der Waals surface area (Å²) in [6.45, 7) is -0.352. The lowest BCUT2D eigenvalue weighted by Gasteiger charge is -2.13. The van der Waals surface area contributed by atoms with Crippen LogP contribution in [0.25, 0.3) is 0 Å². The molecule has 0 spiro atoms. The fourth-order valence-corrected chi connectivity index (χ4v) is 2.37. The molecule has 7 heteroatoms. The first kappa shape index (κ1) is 19.1. The fourth-order valence-electron chi connectivity index (χ4n) is 2.05. The lowest BCUT2D eigenvalue weighted by atomic mass is 10.1. The van der Waals surface area contributed by atoms with E-state index in [4.69, 9.17) is 27.9 Å². The molecule has 1 N–H and O–H groups in total. The standard InChI is InChI=1S/C18H18Cl2N2O3/c1-22(2)14-6-4-13(5-7-14)21-17(23)11-25-18(24)10-12-3-8-15(19)16(20)9-12/h3-9H,10-11H2,1-2H3,(H,21,23). The highest BCUT2D eigenvalue weighted by Crippen LogP contribution is 2.22. The van der Waals surface area contributed by atoms with Gasteiger partial charge >= 0.3 is 5.97 Å². The summed E-state index contributed by atoms with van der Waals surface area (Å²) in [5, 5.41) is 3.45. The second kappa shape index (κ2) is 8.74. The van der Waals surface area contributed by atoms with Crippen LogP contribution in [0.4, 0.5) is 11.4 Å². The normalized spacial score (nSPS) is 10.2. The highest BCUT2D eigenvalue weighted by Gasteiger charge is 2.10. The average Bonchev–Trinajstić information content (AvgIpc) is 2.57. The van der Waals surface area contributed by atoms with Crippen LogP contribution in [0.15, 0.2) is 42.5 Å². The van der Waals surface area contributed by atoms with Gasteiger partial charge in [0, 0.05) is 25.5 Å². The van der Waals surface area contributed by atoms with Crippen LogP contribution in [-0.2, 0) is 20.7 Å². The minimum Gasteiger partial charge on any atom is -0.455 e. The van der Waals surface area contributed by atoms with Gasteiger partial charge < -0.3 is 15.0 Å². The third kappa shape index (κ3) is 5.96. The molecular formula is C18H18Cl2N2O3.